The fraction of sp³-hybridized carbons (Fsp3) is 0.125. The molecule has 0 spiro atoms. The third kappa shape index (κ3) is 3.85. The molecule has 6 heteroatoms. The average Bonchev–Trinajstić information content (AvgIpc) is 2.77. The van der Waals surface area contributed by atoms with Gasteiger partial charge in [0, 0.05) is 17.1 Å². The molecule has 0 aliphatic heterocycles. The van der Waals surface area contributed by atoms with Crippen molar-refractivity contribution in [3.8, 4) is 0 Å². The highest BCUT2D eigenvalue weighted by molar-refractivity contribution is 5.97. The zero-order valence-corrected chi connectivity index (χ0v) is 16.4. The zero-order valence-electron chi connectivity index (χ0n) is 16.4. The number of rotatable bonds is 5. The van der Waals surface area contributed by atoms with Gasteiger partial charge in [0.25, 0.3) is 11.5 Å². The Kier molecular flexibility index (Phi) is 5.39. The molecule has 0 fully saturated rings. The van der Waals surface area contributed by atoms with Crippen molar-refractivity contribution in [3.63, 3.8) is 0 Å². The number of nitrogens with zero attached hydrogens (tertiary/aromatic N) is 2. The number of aromatic nitrogens is 2. The Bertz CT molecular complexity index is 1270. The molecule has 1 N–H and O–H groups in total. The van der Waals surface area contributed by atoms with Crippen molar-refractivity contribution in [1.82, 2.24) is 14.9 Å². The van der Waals surface area contributed by atoms with E-state index in [9.17, 15) is 14.0 Å². The smallest absolute Gasteiger partial charge is 0.265 e. The minimum absolute atomic E-state index is 0.00498. The van der Waals surface area contributed by atoms with Crippen LogP contribution in [0.3, 0.4) is 0 Å². The van der Waals surface area contributed by atoms with Crippen LogP contribution in [0.25, 0.3) is 11.0 Å². The van der Waals surface area contributed by atoms with Crippen LogP contribution in [0.2, 0.25) is 0 Å². The van der Waals surface area contributed by atoms with E-state index in [2.05, 4.69) is 10.3 Å². The molecule has 5 nitrogen and oxygen atoms in total. The second-order valence-corrected chi connectivity index (χ2v) is 7.06. The number of amides is 1. The number of fused-ring (bicyclic) bond motifs is 1. The molecule has 0 aliphatic carbocycles. The molecule has 30 heavy (non-hydrogen) atoms. The van der Waals surface area contributed by atoms with Crippen LogP contribution >= 0.6 is 0 Å². The van der Waals surface area contributed by atoms with Crippen LogP contribution in [0.4, 0.5) is 4.39 Å². The number of carbonyl (C=O) groups is 1. The van der Waals surface area contributed by atoms with Gasteiger partial charge in [-0.1, -0.05) is 48.5 Å². The van der Waals surface area contributed by atoms with Gasteiger partial charge in [0.2, 0.25) is 0 Å². The number of hydrogen-bond acceptors (Lipinski definition) is 3. The summed E-state index contributed by atoms with van der Waals surface area (Å²) in [6, 6.07) is 20.5. The third-order valence-corrected chi connectivity index (χ3v) is 5.03. The fourth-order valence-corrected chi connectivity index (χ4v) is 3.41. The maximum absolute atomic E-state index is 14.2. The molecule has 0 radical (unpaired) electrons. The second-order valence-electron chi connectivity index (χ2n) is 7.06. The molecule has 1 amide bonds. The molecule has 0 saturated carbocycles. The number of pyridine rings is 2. The van der Waals surface area contributed by atoms with Gasteiger partial charge in [-0.25, -0.2) is 9.37 Å². The third-order valence-electron chi connectivity index (χ3n) is 5.03. The van der Waals surface area contributed by atoms with E-state index in [1.807, 2.05) is 37.3 Å². The van der Waals surface area contributed by atoms with Gasteiger partial charge in [-0.15, -0.1) is 0 Å². The Balaban J connectivity index is 1.75. The van der Waals surface area contributed by atoms with Gasteiger partial charge >= 0.3 is 0 Å². The van der Waals surface area contributed by atoms with Crippen molar-refractivity contribution in [3.05, 3.63) is 112 Å². The first-order valence-electron chi connectivity index (χ1n) is 9.62. The second kappa shape index (κ2) is 8.29. The molecule has 4 rings (SSSR count). The van der Waals surface area contributed by atoms with Gasteiger partial charge in [-0.05, 0) is 36.8 Å². The van der Waals surface area contributed by atoms with Gasteiger partial charge in [-0.3, -0.25) is 14.2 Å². The summed E-state index contributed by atoms with van der Waals surface area (Å²) in [6.45, 7) is 1.84. The fourth-order valence-electron chi connectivity index (χ4n) is 3.41. The number of benzene rings is 2. The van der Waals surface area contributed by atoms with E-state index in [4.69, 9.17) is 0 Å². The van der Waals surface area contributed by atoms with Gasteiger partial charge in [-0.2, -0.15) is 0 Å². The molecule has 1 atom stereocenters. The Morgan fingerprint density at radius 2 is 1.80 bits per heavy atom. The van der Waals surface area contributed by atoms with E-state index in [1.54, 1.807) is 36.5 Å². The van der Waals surface area contributed by atoms with Crippen LogP contribution in [-0.4, -0.2) is 15.5 Å². The molecule has 2 heterocycles. The van der Waals surface area contributed by atoms with Gasteiger partial charge < -0.3 is 5.32 Å². The summed E-state index contributed by atoms with van der Waals surface area (Å²) >= 11 is 0. The molecule has 2 aromatic carbocycles. The highest BCUT2D eigenvalue weighted by Crippen LogP contribution is 2.16. The normalized spacial score (nSPS) is 11.9. The van der Waals surface area contributed by atoms with E-state index in [0.29, 0.717) is 16.6 Å². The van der Waals surface area contributed by atoms with Crippen LogP contribution in [0.1, 0.15) is 34.5 Å². The van der Waals surface area contributed by atoms with Gasteiger partial charge in [0.1, 0.15) is 17.0 Å². The molecule has 0 saturated heterocycles. The van der Waals surface area contributed by atoms with Crippen molar-refractivity contribution in [2.75, 3.05) is 0 Å². The summed E-state index contributed by atoms with van der Waals surface area (Å²) in [5.74, 6) is -0.898. The van der Waals surface area contributed by atoms with Gasteiger partial charge in [0.15, 0.2) is 0 Å². The Morgan fingerprint density at radius 3 is 2.57 bits per heavy atom. The molecular formula is C24H20FN3O2. The summed E-state index contributed by atoms with van der Waals surface area (Å²) in [7, 11) is 0. The number of carbonyl (C=O) groups excluding carboxylic acids is 1. The van der Waals surface area contributed by atoms with E-state index in [-0.39, 0.29) is 18.2 Å². The minimum Gasteiger partial charge on any atom is -0.345 e. The lowest BCUT2D eigenvalue weighted by Gasteiger charge is -2.16. The summed E-state index contributed by atoms with van der Waals surface area (Å²) < 4.78 is 15.6. The summed E-state index contributed by atoms with van der Waals surface area (Å²) in [4.78, 5) is 30.4. The highest BCUT2D eigenvalue weighted by Gasteiger charge is 2.19. The van der Waals surface area contributed by atoms with Crippen molar-refractivity contribution < 1.29 is 9.18 Å². The van der Waals surface area contributed by atoms with Crippen LogP contribution in [0.5, 0.6) is 0 Å². The van der Waals surface area contributed by atoms with E-state index in [0.717, 1.165) is 5.56 Å². The maximum Gasteiger partial charge on any atom is 0.265 e. The first-order chi connectivity index (χ1) is 14.5. The predicted molar refractivity (Wildman–Crippen MR) is 114 cm³/mol. The van der Waals surface area contributed by atoms with Crippen LogP contribution in [0.15, 0.2) is 83.8 Å². The number of nitrogens with one attached hydrogen (secondary N) is 1. The summed E-state index contributed by atoms with van der Waals surface area (Å²) in [5.41, 5.74) is 1.16. The van der Waals surface area contributed by atoms with Crippen LogP contribution in [0, 0.1) is 5.82 Å². The zero-order chi connectivity index (χ0) is 21.1. The average molecular weight is 401 g/mol. The standard InChI is InChI=1S/C24H20FN3O2/c1-16(17-8-3-2-4-9-17)27-23(29)20-14-18-11-7-13-26-22(18)28(24(20)30)15-19-10-5-6-12-21(19)25/h2-14,16H,15H2,1H3,(H,27,29). The number of halogens is 1. The Labute approximate surface area is 172 Å². The van der Waals surface area contributed by atoms with Crippen LogP contribution < -0.4 is 10.9 Å². The summed E-state index contributed by atoms with van der Waals surface area (Å²) in [6.07, 6.45) is 1.57. The minimum atomic E-state index is -0.512. The summed E-state index contributed by atoms with van der Waals surface area (Å²) in [5, 5.41) is 3.50. The maximum atomic E-state index is 14.2. The van der Waals surface area contributed by atoms with E-state index >= 15 is 0 Å². The van der Waals surface area contributed by atoms with Crippen molar-refractivity contribution in [1.29, 1.82) is 0 Å². The van der Waals surface area contributed by atoms with Crippen molar-refractivity contribution in [2.45, 2.75) is 19.5 Å². The largest absolute Gasteiger partial charge is 0.345 e. The first-order valence-corrected chi connectivity index (χ1v) is 9.62. The molecular weight excluding hydrogens is 381 g/mol. The topological polar surface area (TPSA) is 64.0 Å². The SMILES string of the molecule is CC(NC(=O)c1cc2cccnc2n(Cc2ccccc2F)c1=O)c1ccccc1. The first kappa shape index (κ1) is 19.5. The molecule has 4 aromatic rings. The van der Waals surface area contributed by atoms with Crippen LogP contribution in [-0.2, 0) is 6.54 Å². The lowest BCUT2D eigenvalue weighted by molar-refractivity contribution is 0.0938. The molecule has 1 unspecified atom stereocenters. The molecule has 0 aliphatic rings. The Morgan fingerprint density at radius 1 is 1.07 bits per heavy atom. The van der Waals surface area contributed by atoms with E-state index < -0.39 is 17.3 Å². The lowest BCUT2D eigenvalue weighted by Crippen LogP contribution is -2.35. The van der Waals surface area contributed by atoms with Crippen molar-refractivity contribution >= 4 is 16.9 Å². The van der Waals surface area contributed by atoms with Crippen molar-refractivity contribution in [2.24, 2.45) is 0 Å². The lowest BCUT2D eigenvalue weighted by atomic mass is 10.1. The van der Waals surface area contributed by atoms with Gasteiger partial charge in [0.05, 0.1) is 12.6 Å². The predicted octanol–water partition coefficient (Wildman–Crippen LogP) is 4.07. The molecule has 2 aromatic heterocycles. The highest BCUT2D eigenvalue weighted by atomic mass is 19.1. The van der Waals surface area contributed by atoms with E-state index in [1.165, 1.54) is 16.7 Å². The monoisotopic (exact) mass is 401 g/mol. The Hall–Kier alpha value is -3.80. The molecule has 150 valence electrons. The molecule has 0 bridgehead atoms. The quantitative estimate of drug-likeness (QED) is 0.548. The number of hydrogen-bond donors (Lipinski definition) is 1.